The van der Waals surface area contributed by atoms with Crippen molar-refractivity contribution >= 4 is 32.0 Å². The van der Waals surface area contributed by atoms with Gasteiger partial charge in [-0.1, -0.05) is 11.6 Å². The van der Waals surface area contributed by atoms with Crippen LogP contribution in [-0.2, 0) is 12.6 Å². The molecule has 90 valence electrons. The molecule has 9 heteroatoms. The van der Waals surface area contributed by atoms with Gasteiger partial charge in [-0.05, 0) is 36.9 Å². The molecule has 1 rings (SSSR count). The van der Waals surface area contributed by atoms with Crippen molar-refractivity contribution in [3.8, 4) is 0 Å². The molecule has 0 aliphatic carbocycles. The number of rotatable bonds is 0. The molecule has 0 heterocycles. The molecule has 1 aromatic rings. The molecule has 0 bridgehead atoms. The van der Waals surface area contributed by atoms with Crippen LogP contribution in [0.25, 0.3) is 0 Å². The van der Waals surface area contributed by atoms with E-state index < -0.39 is 7.81 Å². The molecule has 0 aromatic heterocycles. The summed E-state index contributed by atoms with van der Waals surface area (Å²) in [5.41, 5.74) is 0. The maximum Gasteiger partial charge on any atom is 0.150 e. The summed E-state index contributed by atoms with van der Waals surface area (Å²) in [4.78, 5) is 1.05. The summed E-state index contributed by atoms with van der Waals surface area (Å²) in [6, 6.07) is 7.48. The normalized spacial score (nSPS) is 15.7. The van der Waals surface area contributed by atoms with Crippen molar-refractivity contribution in [2.24, 2.45) is 0 Å². The van der Waals surface area contributed by atoms with E-state index in [2.05, 4.69) is 12.6 Å². The second-order valence-electron chi connectivity index (χ2n) is 2.47. The third kappa shape index (κ3) is 20.1. The van der Waals surface area contributed by atoms with E-state index in [4.69, 9.17) is 11.6 Å². The van der Waals surface area contributed by atoms with E-state index in [1.807, 2.05) is 24.3 Å². The van der Waals surface area contributed by atoms with Gasteiger partial charge in [0.05, 0.1) is 0 Å². The minimum Gasteiger partial charge on any atom is -0.0843 e. The molecule has 1 aromatic carbocycles. The Morgan fingerprint density at radius 2 is 1.13 bits per heavy atom. The van der Waals surface area contributed by atoms with Crippen LogP contribution in [0.4, 0.5) is 25.2 Å². The van der Waals surface area contributed by atoms with Gasteiger partial charge in [-0.3, -0.25) is 0 Å². The Labute approximate surface area is 91.9 Å². The fraction of sp³-hybridized carbons (Fsp3) is 0. The molecule has 0 amide bonds. The van der Waals surface area contributed by atoms with Crippen LogP contribution < -0.4 is 0 Å². The topological polar surface area (TPSA) is 0 Å². The molecule has 0 fully saturated rings. The van der Waals surface area contributed by atoms with Crippen molar-refractivity contribution in [3.05, 3.63) is 29.3 Å². The second kappa shape index (κ2) is 3.71. The van der Waals surface area contributed by atoms with Crippen molar-refractivity contribution in [1.29, 1.82) is 0 Å². The molecule has 0 saturated carbocycles. The molecule has 0 aliphatic heterocycles. The molecular formula is C6H6ClF6PS. The first-order chi connectivity index (χ1) is 6.24. The van der Waals surface area contributed by atoms with E-state index in [9.17, 15) is 25.2 Å². The van der Waals surface area contributed by atoms with Gasteiger partial charge >= 0.3 is 33.0 Å². The summed E-state index contributed by atoms with van der Waals surface area (Å²) in [6.45, 7) is 0. The number of halogens is 7. The number of hydrogen-bond donors (Lipinski definition) is 0. The molecule has 15 heavy (non-hydrogen) atoms. The van der Waals surface area contributed by atoms with E-state index in [0.717, 1.165) is 9.92 Å². The van der Waals surface area contributed by atoms with Crippen molar-refractivity contribution in [1.82, 2.24) is 0 Å². The SMILES string of the molecule is F[P-](F)(F)(F)(F)F.[SH2+]c1ccc(Cl)cc1. The Kier molecular flexibility index (Phi) is 3.68. The molecular weight excluding hydrogens is 285 g/mol. The van der Waals surface area contributed by atoms with E-state index in [1.165, 1.54) is 0 Å². The van der Waals surface area contributed by atoms with E-state index in [1.54, 1.807) is 0 Å². The third-order valence-corrected chi connectivity index (χ3v) is 1.43. The van der Waals surface area contributed by atoms with Gasteiger partial charge in [0.15, 0.2) is 0 Å². The van der Waals surface area contributed by atoms with Crippen molar-refractivity contribution < 1.29 is 25.2 Å². The first-order valence-corrected chi connectivity index (χ1v) is 6.18. The van der Waals surface area contributed by atoms with E-state index in [-0.39, 0.29) is 0 Å². The van der Waals surface area contributed by atoms with Crippen molar-refractivity contribution in [2.75, 3.05) is 0 Å². The minimum atomic E-state index is -10.7. The molecule has 0 saturated heterocycles. The van der Waals surface area contributed by atoms with Crippen LogP contribution in [-0.4, -0.2) is 0 Å². The fourth-order valence-electron chi connectivity index (χ4n) is 0.450. The maximum atomic E-state index is 9.87. The Morgan fingerprint density at radius 1 is 0.867 bits per heavy atom. The second-order valence-corrected chi connectivity index (χ2v) is 5.40. The smallest absolute Gasteiger partial charge is 0.0843 e. The van der Waals surface area contributed by atoms with Crippen LogP contribution in [0.2, 0.25) is 5.02 Å². The largest absolute Gasteiger partial charge is 0.150 e. The maximum absolute atomic E-state index is 10.7. The van der Waals surface area contributed by atoms with Gasteiger partial charge in [0.2, 0.25) is 0 Å². The Morgan fingerprint density at radius 3 is 1.33 bits per heavy atom. The summed E-state index contributed by atoms with van der Waals surface area (Å²) in [6.07, 6.45) is 0. The van der Waals surface area contributed by atoms with Crippen LogP contribution in [0.1, 0.15) is 0 Å². The van der Waals surface area contributed by atoms with Gasteiger partial charge in [-0.2, -0.15) is 0 Å². The summed E-state index contributed by atoms with van der Waals surface area (Å²) in [5.74, 6) is 0. The van der Waals surface area contributed by atoms with Crippen LogP contribution in [0.5, 0.6) is 0 Å². The van der Waals surface area contributed by atoms with Gasteiger partial charge in [-0.15, -0.1) is 0 Å². The van der Waals surface area contributed by atoms with Crippen LogP contribution >= 0.6 is 19.4 Å². The van der Waals surface area contributed by atoms with E-state index >= 15 is 0 Å². The molecule has 0 nitrogen and oxygen atoms in total. The van der Waals surface area contributed by atoms with Gasteiger partial charge in [0, 0.05) is 5.02 Å². The minimum absolute atomic E-state index is 0.770. The number of benzene rings is 1. The summed E-state index contributed by atoms with van der Waals surface area (Å²) in [7, 11) is -10.7. The van der Waals surface area contributed by atoms with Crippen LogP contribution in [0.15, 0.2) is 29.2 Å². The number of hydrogen-bond acceptors (Lipinski definition) is 0. The average Bonchev–Trinajstić information content (AvgIpc) is 1.88. The predicted molar refractivity (Wildman–Crippen MR) is 53.4 cm³/mol. The zero-order valence-corrected chi connectivity index (χ0v) is 9.55. The Bertz CT molecular complexity index is 297. The van der Waals surface area contributed by atoms with Crippen LogP contribution in [0.3, 0.4) is 0 Å². The Hall–Kier alpha value is -0.130. The fourth-order valence-corrected chi connectivity index (χ4v) is 0.743. The summed E-state index contributed by atoms with van der Waals surface area (Å²) in [5, 5.41) is 0.770. The summed E-state index contributed by atoms with van der Waals surface area (Å²) >= 11 is 8.92. The summed E-state index contributed by atoms with van der Waals surface area (Å²) < 4.78 is 59.2. The predicted octanol–water partition coefficient (Wildman–Crippen LogP) is 5.09. The van der Waals surface area contributed by atoms with Gasteiger partial charge in [0.25, 0.3) is 0 Å². The molecule has 0 radical (unpaired) electrons. The van der Waals surface area contributed by atoms with Crippen LogP contribution in [0, 0.1) is 0 Å². The monoisotopic (exact) mass is 290 g/mol. The van der Waals surface area contributed by atoms with Crippen molar-refractivity contribution in [2.45, 2.75) is 4.90 Å². The standard InChI is InChI=1S/C6H5ClS.F6P/c7-5-1-3-6(8)4-2-5;1-7(2,3,4,5)6/h1-4,8H;/q;-1/p+1. The first-order valence-electron chi connectivity index (χ1n) is 3.27. The Balaban J connectivity index is 0.000000265. The van der Waals surface area contributed by atoms with Gasteiger partial charge in [0.1, 0.15) is 4.90 Å². The molecule has 0 N–H and O–H groups in total. The third-order valence-electron chi connectivity index (χ3n) is 0.844. The molecule has 0 atom stereocenters. The average molecular weight is 291 g/mol. The molecule has 0 spiro atoms. The van der Waals surface area contributed by atoms with Gasteiger partial charge in [-0.25, -0.2) is 0 Å². The quantitative estimate of drug-likeness (QED) is 0.354. The van der Waals surface area contributed by atoms with Gasteiger partial charge < -0.3 is 0 Å². The zero-order valence-electron chi connectivity index (χ0n) is 6.90. The van der Waals surface area contributed by atoms with E-state index in [0.29, 0.717) is 0 Å². The first kappa shape index (κ1) is 14.9. The molecule has 0 aliphatic rings. The van der Waals surface area contributed by atoms with Crippen molar-refractivity contribution in [3.63, 3.8) is 0 Å². The zero-order chi connectivity index (χ0) is 12.4. The molecule has 0 unspecified atom stereocenters.